The summed E-state index contributed by atoms with van der Waals surface area (Å²) in [5.41, 5.74) is 0. The standard InChI is InChI=1S/C5H10BBrO/c1-4(3-8)2-5(6)7/h2,4,8H,3,6H2,1H3/b5-2-/t4-/m1/s1. The molecule has 46 valence electrons. The molecule has 0 aromatic rings. The molecule has 0 aliphatic carbocycles. The molecule has 0 amide bonds. The normalized spacial score (nSPS) is 16.1. The summed E-state index contributed by atoms with van der Waals surface area (Å²) in [7, 11) is 1.95. The number of aliphatic hydroxyl groups is 1. The second-order valence-corrected chi connectivity index (χ2v) is 3.16. The molecule has 3 heteroatoms. The third kappa shape index (κ3) is 4.41. The van der Waals surface area contributed by atoms with Crippen LogP contribution >= 0.6 is 15.9 Å². The van der Waals surface area contributed by atoms with Crippen LogP contribution in [0.5, 0.6) is 0 Å². The number of hydrogen-bond acceptors (Lipinski definition) is 1. The average Bonchev–Trinajstić information content (AvgIpc) is 1.65. The highest BCUT2D eigenvalue weighted by molar-refractivity contribution is 9.12. The Morgan fingerprint density at radius 1 is 2.00 bits per heavy atom. The highest BCUT2D eigenvalue weighted by Gasteiger charge is 1.91. The van der Waals surface area contributed by atoms with E-state index in [4.69, 9.17) is 5.11 Å². The maximum absolute atomic E-state index is 8.52. The predicted molar refractivity (Wildman–Crippen MR) is 41.8 cm³/mol. The fraction of sp³-hybridized carbons (Fsp3) is 0.600. The first kappa shape index (κ1) is 8.24. The topological polar surface area (TPSA) is 20.2 Å². The summed E-state index contributed by atoms with van der Waals surface area (Å²) in [6.45, 7) is 2.19. The molecule has 0 saturated heterocycles. The van der Waals surface area contributed by atoms with Crippen molar-refractivity contribution < 1.29 is 5.11 Å². The van der Waals surface area contributed by atoms with Crippen LogP contribution in [0.3, 0.4) is 0 Å². The van der Waals surface area contributed by atoms with Gasteiger partial charge < -0.3 is 5.11 Å². The first-order valence-electron chi connectivity index (χ1n) is 2.61. The fourth-order valence-electron chi connectivity index (χ4n) is 0.445. The van der Waals surface area contributed by atoms with Crippen molar-refractivity contribution in [2.24, 2.45) is 5.92 Å². The van der Waals surface area contributed by atoms with Crippen LogP contribution in [0.2, 0.25) is 0 Å². The fourth-order valence-corrected chi connectivity index (χ4v) is 0.896. The smallest absolute Gasteiger partial charge is 0.148 e. The van der Waals surface area contributed by atoms with Gasteiger partial charge in [-0.15, -0.1) is 0 Å². The van der Waals surface area contributed by atoms with Gasteiger partial charge in [-0.3, -0.25) is 0 Å². The van der Waals surface area contributed by atoms with Crippen molar-refractivity contribution in [3.63, 3.8) is 0 Å². The van der Waals surface area contributed by atoms with Gasteiger partial charge in [0.15, 0.2) is 0 Å². The van der Waals surface area contributed by atoms with E-state index in [2.05, 4.69) is 15.9 Å². The minimum Gasteiger partial charge on any atom is -0.396 e. The Labute approximate surface area is 59.3 Å². The molecule has 0 unspecified atom stereocenters. The van der Waals surface area contributed by atoms with Gasteiger partial charge in [0.2, 0.25) is 0 Å². The molecule has 0 bridgehead atoms. The van der Waals surface area contributed by atoms with Gasteiger partial charge in [-0.25, -0.2) is 0 Å². The lowest BCUT2D eigenvalue weighted by Crippen LogP contribution is -1.95. The SMILES string of the molecule is B/C(Br)=C/[C@@H](C)CO. The minimum atomic E-state index is 0.225. The van der Waals surface area contributed by atoms with Crippen molar-refractivity contribution in [2.75, 3.05) is 6.61 Å². The summed E-state index contributed by atoms with van der Waals surface area (Å²) < 4.78 is 1.08. The summed E-state index contributed by atoms with van der Waals surface area (Å²) in [6, 6.07) is 0. The molecule has 0 heterocycles. The summed E-state index contributed by atoms with van der Waals surface area (Å²) in [4.78, 5) is 0. The molecule has 0 aromatic carbocycles. The molecule has 1 atom stereocenters. The lowest BCUT2D eigenvalue weighted by atomic mass is 10.1. The van der Waals surface area contributed by atoms with Crippen LogP contribution in [0.4, 0.5) is 0 Å². The van der Waals surface area contributed by atoms with Crippen LogP contribution in [0.1, 0.15) is 6.92 Å². The van der Waals surface area contributed by atoms with E-state index in [0.29, 0.717) is 0 Å². The van der Waals surface area contributed by atoms with Gasteiger partial charge in [0.1, 0.15) is 7.85 Å². The van der Waals surface area contributed by atoms with Crippen molar-refractivity contribution in [2.45, 2.75) is 6.92 Å². The van der Waals surface area contributed by atoms with E-state index in [0.717, 1.165) is 4.38 Å². The largest absolute Gasteiger partial charge is 0.396 e. The van der Waals surface area contributed by atoms with Crippen molar-refractivity contribution in [3.8, 4) is 0 Å². The Hall–Kier alpha value is 0.245. The summed E-state index contributed by atoms with van der Waals surface area (Å²) in [6.07, 6.45) is 1.97. The van der Waals surface area contributed by atoms with Crippen LogP contribution in [0.25, 0.3) is 0 Å². The van der Waals surface area contributed by atoms with Crippen LogP contribution in [-0.4, -0.2) is 19.6 Å². The van der Waals surface area contributed by atoms with Crippen LogP contribution < -0.4 is 0 Å². The highest BCUT2D eigenvalue weighted by atomic mass is 79.9. The third-order valence-electron chi connectivity index (χ3n) is 0.802. The first-order chi connectivity index (χ1) is 3.66. The number of aliphatic hydroxyl groups excluding tert-OH is 1. The molecule has 0 aliphatic rings. The predicted octanol–water partition coefficient (Wildman–Crippen LogP) is 0.484. The third-order valence-corrected chi connectivity index (χ3v) is 1.07. The first-order valence-corrected chi connectivity index (χ1v) is 3.41. The molecule has 0 spiro atoms. The molecular formula is C5H10BBrO. The molecule has 0 saturated carbocycles. The van der Waals surface area contributed by atoms with Gasteiger partial charge in [0.05, 0.1) is 0 Å². The Morgan fingerprint density at radius 2 is 2.50 bits per heavy atom. The number of hydrogen-bond donors (Lipinski definition) is 1. The van der Waals surface area contributed by atoms with E-state index >= 15 is 0 Å². The molecular weight excluding hydrogens is 167 g/mol. The molecule has 0 radical (unpaired) electrons. The quantitative estimate of drug-likeness (QED) is 0.608. The molecule has 8 heavy (non-hydrogen) atoms. The van der Waals surface area contributed by atoms with E-state index in [-0.39, 0.29) is 12.5 Å². The monoisotopic (exact) mass is 176 g/mol. The molecule has 0 aromatic heterocycles. The summed E-state index contributed by atoms with van der Waals surface area (Å²) in [5, 5.41) is 8.52. The van der Waals surface area contributed by atoms with Crippen LogP contribution in [0.15, 0.2) is 10.5 Å². The van der Waals surface area contributed by atoms with Crippen LogP contribution in [0, 0.1) is 5.92 Å². The zero-order valence-corrected chi connectivity index (χ0v) is 6.77. The number of rotatable bonds is 2. The molecule has 0 aliphatic heterocycles. The zero-order chi connectivity index (χ0) is 6.57. The van der Waals surface area contributed by atoms with Gasteiger partial charge in [-0.1, -0.05) is 33.3 Å². The Bertz CT molecular complexity index is 88.4. The maximum Gasteiger partial charge on any atom is 0.148 e. The van der Waals surface area contributed by atoms with Crippen LogP contribution in [-0.2, 0) is 0 Å². The van der Waals surface area contributed by atoms with Crippen molar-refractivity contribution >= 4 is 23.8 Å². The summed E-state index contributed by atoms with van der Waals surface area (Å²) >= 11 is 3.27. The lowest BCUT2D eigenvalue weighted by Gasteiger charge is -1.98. The second kappa shape index (κ2) is 4.16. The Kier molecular flexibility index (Phi) is 4.28. The lowest BCUT2D eigenvalue weighted by molar-refractivity contribution is 0.262. The van der Waals surface area contributed by atoms with Gasteiger partial charge in [0.25, 0.3) is 0 Å². The van der Waals surface area contributed by atoms with Gasteiger partial charge in [-0.05, 0) is 5.92 Å². The second-order valence-electron chi connectivity index (χ2n) is 1.91. The molecule has 1 N–H and O–H groups in total. The van der Waals surface area contributed by atoms with Crippen molar-refractivity contribution in [1.29, 1.82) is 0 Å². The maximum atomic E-state index is 8.52. The van der Waals surface area contributed by atoms with Gasteiger partial charge in [-0.2, -0.15) is 0 Å². The highest BCUT2D eigenvalue weighted by Crippen LogP contribution is 2.03. The van der Waals surface area contributed by atoms with Crippen molar-refractivity contribution in [1.82, 2.24) is 0 Å². The van der Waals surface area contributed by atoms with E-state index in [9.17, 15) is 0 Å². The zero-order valence-electron chi connectivity index (χ0n) is 5.19. The minimum absolute atomic E-state index is 0.225. The van der Waals surface area contributed by atoms with E-state index in [1.165, 1.54) is 0 Å². The number of halogens is 1. The van der Waals surface area contributed by atoms with E-state index in [1.807, 2.05) is 20.8 Å². The van der Waals surface area contributed by atoms with Gasteiger partial charge >= 0.3 is 0 Å². The van der Waals surface area contributed by atoms with Gasteiger partial charge in [0, 0.05) is 6.61 Å². The average molecular weight is 177 g/mol. The summed E-state index contributed by atoms with van der Waals surface area (Å²) in [5.74, 6) is 0.273. The molecule has 0 rings (SSSR count). The Morgan fingerprint density at radius 3 is 2.62 bits per heavy atom. The van der Waals surface area contributed by atoms with E-state index < -0.39 is 0 Å². The molecule has 1 nitrogen and oxygen atoms in total. The van der Waals surface area contributed by atoms with Crippen molar-refractivity contribution in [3.05, 3.63) is 10.5 Å². The molecule has 0 fully saturated rings. The Balaban J connectivity index is 3.51. The van der Waals surface area contributed by atoms with E-state index in [1.54, 1.807) is 0 Å².